The topological polar surface area (TPSA) is 46.0 Å². The van der Waals surface area contributed by atoms with Gasteiger partial charge in [0.2, 0.25) is 5.82 Å². The molecule has 3 heterocycles. The van der Waals surface area contributed by atoms with E-state index in [-0.39, 0.29) is 0 Å². The molecular weight excluding hydrogens is 259 g/mol. The number of fused-ring (bicyclic) bond motifs is 1. The number of rotatable bonds is 2. The summed E-state index contributed by atoms with van der Waals surface area (Å²) in [6.07, 6.45) is -2.11. The maximum absolute atomic E-state index is 12.7. The number of nitrogens with zero attached hydrogens (tertiary/aromatic N) is 4. The van der Waals surface area contributed by atoms with Crippen molar-refractivity contribution < 1.29 is 13.2 Å². The lowest BCUT2D eigenvalue weighted by Crippen LogP contribution is -2.42. The largest absolute Gasteiger partial charge is 0.451 e. The second-order valence-corrected chi connectivity index (χ2v) is 5.12. The second kappa shape index (κ2) is 4.75. The molecule has 0 bridgehead atoms. The van der Waals surface area contributed by atoms with Crippen LogP contribution in [-0.4, -0.2) is 45.3 Å². The lowest BCUT2D eigenvalue weighted by molar-refractivity contribution is -0.148. The number of hydrogen-bond donors (Lipinski definition) is 1. The van der Waals surface area contributed by atoms with Crippen LogP contribution < -0.4 is 5.32 Å². The molecule has 5 nitrogen and oxygen atoms in total. The fourth-order valence-corrected chi connectivity index (χ4v) is 2.80. The van der Waals surface area contributed by atoms with Crippen molar-refractivity contribution in [3.63, 3.8) is 0 Å². The highest BCUT2D eigenvalue weighted by Crippen LogP contribution is 2.29. The lowest BCUT2D eigenvalue weighted by Gasteiger charge is -2.29. The average Bonchev–Trinajstić information content (AvgIpc) is 2.95. The van der Waals surface area contributed by atoms with Crippen LogP contribution in [0, 0.1) is 0 Å². The molecule has 0 aromatic carbocycles. The summed E-state index contributed by atoms with van der Waals surface area (Å²) in [4.78, 5) is 2.15. The molecule has 1 N–H and O–H groups in total. The van der Waals surface area contributed by atoms with Gasteiger partial charge in [0.05, 0.1) is 6.54 Å². The monoisotopic (exact) mass is 275 g/mol. The molecule has 1 atom stereocenters. The molecule has 1 fully saturated rings. The minimum absolute atomic E-state index is 0.309. The minimum atomic E-state index is -4.42. The lowest BCUT2D eigenvalue weighted by atomic mass is 10.2. The third kappa shape index (κ3) is 2.59. The molecule has 2 aliphatic heterocycles. The quantitative estimate of drug-likeness (QED) is 0.870. The summed E-state index contributed by atoms with van der Waals surface area (Å²) in [7, 11) is 0. The SMILES string of the molecule is FC(F)(F)c1nnc2n1CCN(C[C@H]1CCCN1)C2. The first kappa shape index (κ1) is 12.9. The van der Waals surface area contributed by atoms with Crippen molar-refractivity contribution in [3.8, 4) is 0 Å². The van der Waals surface area contributed by atoms with Gasteiger partial charge in [-0.1, -0.05) is 0 Å². The highest BCUT2D eigenvalue weighted by atomic mass is 19.4. The van der Waals surface area contributed by atoms with Crippen LogP contribution in [0.2, 0.25) is 0 Å². The van der Waals surface area contributed by atoms with Crippen LogP contribution in [0.4, 0.5) is 13.2 Å². The molecule has 0 spiro atoms. The van der Waals surface area contributed by atoms with Crippen LogP contribution >= 0.6 is 0 Å². The number of hydrogen-bond acceptors (Lipinski definition) is 4. The van der Waals surface area contributed by atoms with Crippen LogP contribution in [0.25, 0.3) is 0 Å². The van der Waals surface area contributed by atoms with E-state index >= 15 is 0 Å². The predicted octanol–water partition coefficient (Wildman–Crippen LogP) is 0.864. The fourth-order valence-electron chi connectivity index (χ4n) is 2.80. The van der Waals surface area contributed by atoms with E-state index in [1.165, 1.54) is 11.0 Å². The first-order chi connectivity index (χ1) is 9.04. The van der Waals surface area contributed by atoms with Crippen molar-refractivity contribution in [1.82, 2.24) is 25.0 Å². The zero-order valence-corrected chi connectivity index (χ0v) is 10.4. The van der Waals surface area contributed by atoms with Crippen molar-refractivity contribution in [2.75, 3.05) is 19.6 Å². The van der Waals surface area contributed by atoms with Gasteiger partial charge in [-0.05, 0) is 19.4 Å². The van der Waals surface area contributed by atoms with E-state index in [1.807, 2.05) is 0 Å². The molecule has 0 unspecified atom stereocenters. The van der Waals surface area contributed by atoms with Gasteiger partial charge < -0.3 is 9.88 Å². The van der Waals surface area contributed by atoms with Gasteiger partial charge in [-0.2, -0.15) is 13.2 Å². The van der Waals surface area contributed by atoms with Crippen LogP contribution in [0.15, 0.2) is 0 Å². The molecule has 19 heavy (non-hydrogen) atoms. The molecule has 1 aromatic rings. The highest BCUT2D eigenvalue weighted by Gasteiger charge is 2.39. The fraction of sp³-hybridized carbons (Fsp3) is 0.818. The van der Waals surface area contributed by atoms with E-state index in [2.05, 4.69) is 20.4 Å². The summed E-state index contributed by atoms with van der Waals surface area (Å²) >= 11 is 0. The zero-order valence-electron chi connectivity index (χ0n) is 10.4. The van der Waals surface area contributed by atoms with Gasteiger partial charge >= 0.3 is 6.18 Å². The first-order valence-electron chi connectivity index (χ1n) is 6.49. The number of halogens is 3. The van der Waals surface area contributed by atoms with Crippen LogP contribution in [0.5, 0.6) is 0 Å². The summed E-state index contributed by atoms with van der Waals surface area (Å²) in [5.41, 5.74) is 0. The van der Waals surface area contributed by atoms with Crippen molar-refractivity contribution in [2.45, 2.75) is 38.1 Å². The van der Waals surface area contributed by atoms with Gasteiger partial charge in [-0.25, -0.2) is 0 Å². The van der Waals surface area contributed by atoms with E-state index in [0.29, 0.717) is 31.5 Å². The molecule has 0 radical (unpaired) electrons. The summed E-state index contributed by atoms with van der Waals surface area (Å²) in [5, 5.41) is 10.4. The maximum Gasteiger partial charge on any atom is 0.451 e. The van der Waals surface area contributed by atoms with Gasteiger partial charge in [0.1, 0.15) is 5.82 Å². The van der Waals surface area contributed by atoms with Gasteiger partial charge in [0, 0.05) is 25.7 Å². The van der Waals surface area contributed by atoms with Gasteiger partial charge in [-0.3, -0.25) is 4.90 Å². The molecular formula is C11H16F3N5. The minimum Gasteiger partial charge on any atom is -0.313 e. The standard InChI is InChI=1S/C11H16F3N5/c12-11(13,14)10-17-16-9-7-18(4-5-19(9)10)6-8-2-1-3-15-8/h8,15H,1-7H2/t8-/m1/s1. The first-order valence-corrected chi connectivity index (χ1v) is 6.49. The molecule has 8 heteroatoms. The summed E-state index contributed by atoms with van der Waals surface area (Å²) in [5.74, 6) is -0.460. The predicted molar refractivity (Wildman–Crippen MR) is 61.3 cm³/mol. The van der Waals surface area contributed by atoms with E-state index in [0.717, 1.165) is 19.5 Å². The van der Waals surface area contributed by atoms with Gasteiger partial charge in [0.15, 0.2) is 0 Å². The molecule has 1 aromatic heterocycles. The normalized spacial score (nSPS) is 24.7. The Balaban J connectivity index is 1.69. The highest BCUT2D eigenvalue weighted by molar-refractivity contribution is 5.02. The molecule has 0 aliphatic carbocycles. The van der Waals surface area contributed by atoms with E-state index < -0.39 is 12.0 Å². The Morgan fingerprint density at radius 2 is 2.11 bits per heavy atom. The summed E-state index contributed by atoms with van der Waals surface area (Å²) in [6, 6.07) is 0.455. The Hall–Kier alpha value is -1.15. The van der Waals surface area contributed by atoms with Crippen LogP contribution in [-0.2, 0) is 19.3 Å². The molecule has 2 aliphatic rings. The van der Waals surface area contributed by atoms with Crippen LogP contribution in [0.1, 0.15) is 24.5 Å². The Kier molecular flexibility index (Phi) is 3.22. The molecule has 0 amide bonds. The Bertz CT molecular complexity index is 450. The number of aromatic nitrogens is 3. The summed E-state index contributed by atoms with van der Waals surface area (Å²) < 4.78 is 39.3. The second-order valence-electron chi connectivity index (χ2n) is 5.12. The number of alkyl halides is 3. The van der Waals surface area contributed by atoms with Gasteiger partial charge in [-0.15, -0.1) is 10.2 Å². The molecule has 3 rings (SSSR count). The maximum atomic E-state index is 12.7. The molecule has 0 saturated carbocycles. The van der Waals surface area contributed by atoms with Crippen molar-refractivity contribution in [2.24, 2.45) is 0 Å². The van der Waals surface area contributed by atoms with Crippen molar-refractivity contribution in [1.29, 1.82) is 0 Å². The molecule has 1 saturated heterocycles. The third-order valence-corrected chi connectivity index (χ3v) is 3.73. The smallest absolute Gasteiger partial charge is 0.313 e. The van der Waals surface area contributed by atoms with E-state index in [9.17, 15) is 13.2 Å². The van der Waals surface area contributed by atoms with Crippen molar-refractivity contribution in [3.05, 3.63) is 11.6 Å². The van der Waals surface area contributed by atoms with Crippen LogP contribution in [0.3, 0.4) is 0 Å². The number of nitrogens with one attached hydrogen (secondary N) is 1. The third-order valence-electron chi connectivity index (χ3n) is 3.73. The van der Waals surface area contributed by atoms with Gasteiger partial charge in [0.25, 0.3) is 0 Å². The summed E-state index contributed by atoms with van der Waals surface area (Å²) in [6.45, 7) is 3.28. The van der Waals surface area contributed by atoms with E-state index in [4.69, 9.17) is 0 Å². The Labute approximate surface area is 108 Å². The van der Waals surface area contributed by atoms with E-state index in [1.54, 1.807) is 0 Å². The van der Waals surface area contributed by atoms with Crippen molar-refractivity contribution >= 4 is 0 Å². The molecule has 106 valence electrons. The average molecular weight is 275 g/mol. The zero-order chi connectivity index (χ0) is 13.5. The Morgan fingerprint density at radius 3 is 2.79 bits per heavy atom. The Morgan fingerprint density at radius 1 is 1.26 bits per heavy atom.